The normalized spacial score (nSPS) is 18.7. The molecule has 0 bridgehead atoms. The van der Waals surface area contributed by atoms with Crippen LogP contribution in [0.4, 0.5) is 0 Å². The van der Waals surface area contributed by atoms with Gasteiger partial charge < -0.3 is 14.8 Å². The van der Waals surface area contributed by atoms with E-state index >= 15 is 0 Å². The van der Waals surface area contributed by atoms with Gasteiger partial charge in [-0.15, -0.1) is 0 Å². The molecule has 2 rings (SSSR count). The van der Waals surface area contributed by atoms with Gasteiger partial charge in [-0.25, -0.2) is 0 Å². The topological polar surface area (TPSA) is 30.5 Å². The molecule has 0 radical (unpaired) electrons. The number of hydrogen-bond acceptors (Lipinski definition) is 3. The minimum absolute atomic E-state index is 0.493. The maximum Gasteiger partial charge on any atom is 0.142 e. The molecule has 1 unspecified atom stereocenters. The summed E-state index contributed by atoms with van der Waals surface area (Å²) in [5.41, 5.74) is 1.12. The fraction of sp³-hybridized carbons (Fsp3) is 0.600. The van der Waals surface area contributed by atoms with E-state index < -0.39 is 0 Å². The van der Waals surface area contributed by atoms with Gasteiger partial charge in [-0.1, -0.05) is 30.7 Å². The van der Waals surface area contributed by atoms with Crippen LogP contribution in [0.5, 0.6) is 5.75 Å². The number of hydrogen-bond donors (Lipinski definition) is 1. The highest BCUT2D eigenvalue weighted by molar-refractivity contribution is 6.32. The highest BCUT2D eigenvalue weighted by Gasteiger charge is 2.17. The first-order valence-corrected chi connectivity index (χ1v) is 7.37. The van der Waals surface area contributed by atoms with Crippen molar-refractivity contribution in [2.75, 3.05) is 26.4 Å². The summed E-state index contributed by atoms with van der Waals surface area (Å²) in [7, 11) is 0. The summed E-state index contributed by atoms with van der Waals surface area (Å²) in [5, 5.41) is 4.07. The van der Waals surface area contributed by atoms with E-state index in [-0.39, 0.29) is 0 Å². The molecule has 1 atom stereocenters. The molecule has 3 nitrogen and oxygen atoms in total. The van der Waals surface area contributed by atoms with E-state index in [4.69, 9.17) is 21.1 Å². The van der Waals surface area contributed by atoms with Gasteiger partial charge in [-0.2, -0.15) is 0 Å². The lowest BCUT2D eigenvalue weighted by Gasteiger charge is -2.15. The van der Waals surface area contributed by atoms with Crippen molar-refractivity contribution in [2.45, 2.75) is 26.3 Å². The SMILES string of the molecule is CCCNCc1cccc(Cl)c1OCC1CCOC1. The molecule has 19 heavy (non-hydrogen) atoms. The van der Waals surface area contributed by atoms with Crippen LogP contribution >= 0.6 is 11.6 Å². The molecule has 1 heterocycles. The molecular weight excluding hydrogens is 262 g/mol. The molecule has 0 aromatic heterocycles. The van der Waals surface area contributed by atoms with E-state index in [0.717, 1.165) is 50.5 Å². The fourth-order valence-electron chi connectivity index (χ4n) is 2.17. The molecule has 1 aliphatic rings. The molecule has 1 N–H and O–H groups in total. The molecule has 1 aromatic carbocycles. The van der Waals surface area contributed by atoms with Crippen LogP contribution in [-0.4, -0.2) is 26.4 Å². The van der Waals surface area contributed by atoms with Crippen LogP contribution in [0.2, 0.25) is 5.02 Å². The van der Waals surface area contributed by atoms with Gasteiger partial charge in [0.2, 0.25) is 0 Å². The molecule has 106 valence electrons. The monoisotopic (exact) mass is 283 g/mol. The van der Waals surface area contributed by atoms with Crippen LogP contribution in [0, 0.1) is 5.92 Å². The highest BCUT2D eigenvalue weighted by atomic mass is 35.5. The number of rotatable bonds is 7. The average Bonchev–Trinajstić information content (AvgIpc) is 2.91. The minimum Gasteiger partial charge on any atom is -0.491 e. The molecular formula is C15H22ClNO2. The second-order valence-electron chi connectivity index (χ2n) is 4.95. The first-order chi connectivity index (χ1) is 9.31. The van der Waals surface area contributed by atoms with Gasteiger partial charge >= 0.3 is 0 Å². The molecule has 1 saturated heterocycles. The van der Waals surface area contributed by atoms with Gasteiger partial charge in [0.1, 0.15) is 5.75 Å². The molecule has 4 heteroatoms. The van der Waals surface area contributed by atoms with Crippen molar-refractivity contribution in [1.82, 2.24) is 5.32 Å². The molecule has 0 spiro atoms. The molecule has 1 aromatic rings. The Morgan fingerprint density at radius 2 is 2.37 bits per heavy atom. The lowest BCUT2D eigenvalue weighted by molar-refractivity contribution is 0.166. The number of para-hydroxylation sites is 1. The van der Waals surface area contributed by atoms with Crippen molar-refractivity contribution in [3.8, 4) is 5.75 Å². The lowest BCUT2D eigenvalue weighted by atomic mass is 10.1. The van der Waals surface area contributed by atoms with Crippen molar-refractivity contribution >= 4 is 11.6 Å². The van der Waals surface area contributed by atoms with Crippen molar-refractivity contribution in [1.29, 1.82) is 0 Å². The average molecular weight is 284 g/mol. The Bertz CT molecular complexity index is 392. The summed E-state index contributed by atoms with van der Waals surface area (Å²) in [4.78, 5) is 0. The summed E-state index contributed by atoms with van der Waals surface area (Å²) < 4.78 is 11.3. The van der Waals surface area contributed by atoms with E-state index in [1.807, 2.05) is 12.1 Å². The van der Waals surface area contributed by atoms with Crippen LogP contribution < -0.4 is 10.1 Å². The number of ether oxygens (including phenoxy) is 2. The third-order valence-corrected chi connectivity index (χ3v) is 3.58. The molecule has 1 aliphatic heterocycles. The van der Waals surface area contributed by atoms with Gasteiger partial charge in [-0.05, 0) is 25.5 Å². The van der Waals surface area contributed by atoms with E-state index in [1.165, 1.54) is 0 Å². The Labute approximate surface area is 120 Å². The zero-order valence-corrected chi connectivity index (χ0v) is 12.2. The van der Waals surface area contributed by atoms with Crippen molar-refractivity contribution < 1.29 is 9.47 Å². The van der Waals surface area contributed by atoms with Gasteiger partial charge in [0.05, 0.1) is 18.2 Å². The smallest absolute Gasteiger partial charge is 0.142 e. The zero-order valence-electron chi connectivity index (χ0n) is 11.5. The lowest BCUT2D eigenvalue weighted by Crippen LogP contribution is -2.16. The highest BCUT2D eigenvalue weighted by Crippen LogP contribution is 2.29. The van der Waals surface area contributed by atoms with Gasteiger partial charge in [-0.3, -0.25) is 0 Å². The van der Waals surface area contributed by atoms with E-state index in [1.54, 1.807) is 0 Å². The van der Waals surface area contributed by atoms with E-state index in [0.29, 0.717) is 17.5 Å². The van der Waals surface area contributed by atoms with Crippen LogP contribution in [-0.2, 0) is 11.3 Å². The standard InChI is InChI=1S/C15H22ClNO2/c1-2-7-17-9-13-4-3-5-14(16)15(13)19-11-12-6-8-18-10-12/h3-5,12,17H,2,6-11H2,1H3. The first-order valence-electron chi connectivity index (χ1n) is 7.00. The third-order valence-electron chi connectivity index (χ3n) is 3.28. The third kappa shape index (κ3) is 4.37. The maximum absolute atomic E-state index is 6.24. The zero-order chi connectivity index (χ0) is 13.5. The predicted octanol–water partition coefficient (Wildman–Crippen LogP) is 3.25. The number of nitrogens with one attached hydrogen (secondary N) is 1. The Hall–Kier alpha value is -0.770. The minimum atomic E-state index is 0.493. The second-order valence-corrected chi connectivity index (χ2v) is 5.35. The van der Waals surface area contributed by atoms with Gasteiger partial charge in [0.25, 0.3) is 0 Å². The molecule has 1 fully saturated rings. The van der Waals surface area contributed by atoms with Crippen LogP contribution in [0.1, 0.15) is 25.3 Å². The van der Waals surface area contributed by atoms with Crippen molar-refractivity contribution in [2.24, 2.45) is 5.92 Å². The quantitative estimate of drug-likeness (QED) is 0.779. The van der Waals surface area contributed by atoms with Crippen molar-refractivity contribution in [3.63, 3.8) is 0 Å². The van der Waals surface area contributed by atoms with E-state index in [9.17, 15) is 0 Å². The second kappa shape index (κ2) is 7.73. The molecule has 0 aliphatic carbocycles. The Balaban J connectivity index is 1.95. The summed E-state index contributed by atoms with van der Waals surface area (Å²) >= 11 is 6.24. The van der Waals surface area contributed by atoms with Crippen LogP contribution in [0.3, 0.4) is 0 Å². The Morgan fingerprint density at radius 1 is 1.47 bits per heavy atom. The van der Waals surface area contributed by atoms with Crippen LogP contribution in [0.25, 0.3) is 0 Å². The first kappa shape index (κ1) is 14.6. The number of halogens is 1. The Morgan fingerprint density at radius 3 is 3.11 bits per heavy atom. The summed E-state index contributed by atoms with van der Waals surface area (Å²) in [6.45, 7) is 6.29. The number of benzene rings is 1. The summed E-state index contributed by atoms with van der Waals surface area (Å²) in [6.07, 6.45) is 2.20. The predicted molar refractivity (Wildman–Crippen MR) is 77.9 cm³/mol. The molecule has 0 saturated carbocycles. The Kier molecular flexibility index (Phi) is 5.95. The summed E-state index contributed by atoms with van der Waals surface area (Å²) in [5.74, 6) is 1.31. The van der Waals surface area contributed by atoms with Crippen molar-refractivity contribution in [3.05, 3.63) is 28.8 Å². The summed E-state index contributed by atoms with van der Waals surface area (Å²) in [6, 6.07) is 5.91. The van der Waals surface area contributed by atoms with Crippen LogP contribution in [0.15, 0.2) is 18.2 Å². The van der Waals surface area contributed by atoms with E-state index in [2.05, 4.69) is 18.3 Å². The fourth-order valence-corrected chi connectivity index (χ4v) is 2.42. The maximum atomic E-state index is 6.24. The largest absolute Gasteiger partial charge is 0.491 e. The van der Waals surface area contributed by atoms with Gasteiger partial charge in [0, 0.05) is 24.6 Å². The van der Waals surface area contributed by atoms with Gasteiger partial charge in [0.15, 0.2) is 0 Å². The molecule has 0 amide bonds.